The molecule has 0 saturated heterocycles. The summed E-state index contributed by atoms with van der Waals surface area (Å²) in [6.45, 7) is 0. The van der Waals surface area contributed by atoms with Crippen molar-refractivity contribution in [3.63, 3.8) is 0 Å². The summed E-state index contributed by atoms with van der Waals surface area (Å²) < 4.78 is 0. The van der Waals surface area contributed by atoms with E-state index in [0.29, 0.717) is 36.4 Å². The Hall–Kier alpha value is -6.44. The standard InChI is InChI=1S/C28H18O14/c29-15-7-13(25(39)23(37)9-1-19(33)27(41)20(34)2-9)17(31)5-11(15)12-6-18(32)14(8-16(12)30)26(40)24(38)10-3-21(35)28(42)22(36)4-10/h1-8,29-36,41-42H. The van der Waals surface area contributed by atoms with Crippen molar-refractivity contribution in [2.45, 2.75) is 0 Å². The Balaban J connectivity index is 1.68. The van der Waals surface area contributed by atoms with Crippen LogP contribution < -0.4 is 0 Å². The second-order valence-corrected chi connectivity index (χ2v) is 8.82. The van der Waals surface area contributed by atoms with Gasteiger partial charge >= 0.3 is 0 Å². The number of hydrogen-bond donors (Lipinski definition) is 10. The SMILES string of the molecule is O=C(C(=O)c1cc(O)c(-c2cc(O)c(C(=O)C(=O)c3cc(O)c(O)c(O)c3)cc2O)cc1O)c1cc(O)c(O)c(O)c1. The van der Waals surface area contributed by atoms with Gasteiger partial charge in [-0.2, -0.15) is 0 Å². The molecule has 0 spiro atoms. The molecule has 14 nitrogen and oxygen atoms in total. The number of hydrogen-bond acceptors (Lipinski definition) is 14. The van der Waals surface area contributed by atoms with Crippen LogP contribution in [0.15, 0.2) is 48.5 Å². The van der Waals surface area contributed by atoms with Crippen LogP contribution in [0.5, 0.6) is 57.5 Å². The Morgan fingerprint density at radius 1 is 0.333 bits per heavy atom. The first-order chi connectivity index (χ1) is 19.6. The monoisotopic (exact) mass is 578 g/mol. The van der Waals surface area contributed by atoms with Crippen LogP contribution in [-0.2, 0) is 0 Å². The van der Waals surface area contributed by atoms with Gasteiger partial charge in [0.15, 0.2) is 34.5 Å². The normalized spacial score (nSPS) is 10.8. The summed E-state index contributed by atoms with van der Waals surface area (Å²) in [5, 5.41) is 99.1. The summed E-state index contributed by atoms with van der Waals surface area (Å²) in [6, 6.07) is 5.51. The largest absolute Gasteiger partial charge is 0.507 e. The first-order valence-electron chi connectivity index (χ1n) is 11.4. The maximum absolute atomic E-state index is 12.7. The van der Waals surface area contributed by atoms with Gasteiger partial charge in [-0.15, -0.1) is 0 Å². The Morgan fingerprint density at radius 3 is 0.905 bits per heavy atom. The van der Waals surface area contributed by atoms with Crippen LogP contribution in [0.2, 0.25) is 0 Å². The molecule has 0 atom stereocenters. The predicted molar refractivity (Wildman–Crippen MR) is 139 cm³/mol. The lowest BCUT2D eigenvalue weighted by molar-refractivity contribution is 0.0814. The van der Waals surface area contributed by atoms with E-state index in [9.17, 15) is 70.2 Å². The fourth-order valence-electron chi connectivity index (χ4n) is 3.93. The van der Waals surface area contributed by atoms with Crippen LogP contribution >= 0.6 is 0 Å². The third-order valence-electron chi connectivity index (χ3n) is 6.08. The molecular weight excluding hydrogens is 560 g/mol. The lowest BCUT2D eigenvalue weighted by Gasteiger charge is -2.13. The quantitative estimate of drug-likeness (QED) is 0.0653. The van der Waals surface area contributed by atoms with Crippen molar-refractivity contribution in [1.29, 1.82) is 0 Å². The van der Waals surface area contributed by atoms with Crippen LogP contribution in [0, 0.1) is 0 Å². The zero-order valence-electron chi connectivity index (χ0n) is 20.7. The molecular formula is C28H18O14. The molecule has 0 radical (unpaired) electrons. The van der Waals surface area contributed by atoms with E-state index < -0.39 is 114 Å². The van der Waals surface area contributed by atoms with Gasteiger partial charge in [0.05, 0.1) is 11.1 Å². The molecule has 0 aliphatic heterocycles. The number of benzene rings is 4. The van der Waals surface area contributed by atoms with Gasteiger partial charge < -0.3 is 51.1 Å². The van der Waals surface area contributed by atoms with E-state index in [1.807, 2.05) is 0 Å². The van der Waals surface area contributed by atoms with E-state index in [-0.39, 0.29) is 0 Å². The van der Waals surface area contributed by atoms with Crippen molar-refractivity contribution in [2.24, 2.45) is 0 Å². The van der Waals surface area contributed by atoms with E-state index in [2.05, 4.69) is 0 Å². The van der Waals surface area contributed by atoms with Gasteiger partial charge in [0.25, 0.3) is 0 Å². The van der Waals surface area contributed by atoms with Crippen molar-refractivity contribution in [3.8, 4) is 68.6 Å². The van der Waals surface area contributed by atoms with Crippen molar-refractivity contribution in [3.05, 3.63) is 70.8 Å². The smallest absolute Gasteiger partial charge is 0.237 e. The molecule has 4 rings (SSSR count). The first kappa shape index (κ1) is 28.6. The van der Waals surface area contributed by atoms with E-state index in [0.717, 1.165) is 12.1 Å². The third kappa shape index (κ3) is 4.86. The minimum absolute atomic E-state index is 0.400. The average molecular weight is 578 g/mol. The highest BCUT2D eigenvalue weighted by Gasteiger charge is 2.28. The Bertz CT molecular complexity index is 1670. The molecule has 214 valence electrons. The van der Waals surface area contributed by atoms with Crippen molar-refractivity contribution in [2.75, 3.05) is 0 Å². The first-order valence-corrected chi connectivity index (χ1v) is 11.4. The molecule has 0 saturated carbocycles. The van der Waals surface area contributed by atoms with Crippen molar-refractivity contribution >= 4 is 23.1 Å². The number of ketones is 4. The number of carbonyl (C=O) groups is 4. The minimum Gasteiger partial charge on any atom is -0.507 e. The molecule has 0 heterocycles. The van der Waals surface area contributed by atoms with Crippen molar-refractivity contribution in [1.82, 2.24) is 0 Å². The van der Waals surface area contributed by atoms with Gasteiger partial charge in [-0.05, 0) is 48.5 Å². The van der Waals surface area contributed by atoms with Crippen LogP contribution in [0.25, 0.3) is 11.1 Å². The van der Waals surface area contributed by atoms with Gasteiger partial charge in [0, 0.05) is 22.3 Å². The zero-order valence-corrected chi connectivity index (χ0v) is 20.7. The van der Waals surface area contributed by atoms with E-state index in [1.54, 1.807) is 0 Å². The van der Waals surface area contributed by atoms with Gasteiger partial charge in [-0.1, -0.05) is 0 Å². The number of phenolic OH excluding ortho intramolecular Hbond substituents is 10. The van der Waals surface area contributed by atoms with E-state index in [4.69, 9.17) is 0 Å². The summed E-state index contributed by atoms with van der Waals surface area (Å²) in [4.78, 5) is 50.6. The predicted octanol–water partition coefficient (Wildman–Crippen LogP) is 2.54. The topological polar surface area (TPSA) is 271 Å². The summed E-state index contributed by atoms with van der Waals surface area (Å²) in [5.74, 6) is -14.4. The lowest BCUT2D eigenvalue weighted by Crippen LogP contribution is -2.15. The van der Waals surface area contributed by atoms with Crippen molar-refractivity contribution < 1.29 is 70.2 Å². The van der Waals surface area contributed by atoms with Crippen LogP contribution in [0.1, 0.15) is 41.4 Å². The van der Waals surface area contributed by atoms with Gasteiger partial charge in [-0.3, -0.25) is 19.2 Å². The summed E-state index contributed by atoms with van der Waals surface area (Å²) in [6.07, 6.45) is 0. The summed E-state index contributed by atoms with van der Waals surface area (Å²) in [5.41, 5.74) is -3.41. The molecule has 0 fully saturated rings. The Morgan fingerprint density at radius 2 is 0.619 bits per heavy atom. The Labute approximate surface area is 233 Å². The molecule has 14 heteroatoms. The molecule has 0 amide bonds. The second kappa shape index (κ2) is 10.3. The third-order valence-corrected chi connectivity index (χ3v) is 6.08. The molecule has 4 aromatic rings. The lowest BCUT2D eigenvalue weighted by atomic mass is 9.93. The molecule has 0 aliphatic carbocycles. The second-order valence-electron chi connectivity index (χ2n) is 8.82. The van der Waals surface area contributed by atoms with Crippen LogP contribution in [-0.4, -0.2) is 74.2 Å². The highest BCUT2D eigenvalue weighted by atomic mass is 16.3. The Kier molecular flexibility index (Phi) is 6.99. The van der Waals surface area contributed by atoms with Gasteiger partial charge in [0.1, 0.15) is 23.0 Å². The molecule has 0 aliphatic rings. The highest BCUT2D eigenvalue weighted by Crippen LogP contribution is 2.43. The summed E-state index contributed by atoms with van der Waals surface area (Å²) in [7, 11) is 0. The van der Waals surface area contributed by atoms with E-state index in [1.165, 1.54) is 0 Å². The number of aromatic hydroxyl groups is 10. The van der Waals surface area contributed by atoms with Crippen LogP contribution in [0.4, 0.5) is 0 Å². The maximum atomic E-state index is 12.7. The fraction of sp³-hybridized carbons (Fsp3) is 0. The highest BCUT2D eigenvalue weighted by molar-refractivity contribution is 6.50. The molecule has 0 unspecified atom stereocenters. The minimum atomic E-state index is -1.41. The van der Waals surface area contributed by atoms with Gasteiger partial charge in [0.2, 0.25) is 23.1 Å². The zero-order chi connectivity index (χ0) is 31.2. The van der Waals surface area contributed by atoms with Gasteiger partial charge in [-0.25, -0.2) is 0 Å². The molecule has 0 bridgehead atoms. The maximum Gasteiger partial charge on any atom is 0.237 e. The molecule has 42 heavy (non-hydrogen) atoms. The molecule has 4 aromatic carbocycles. The fourth-order valence-corrected chi connectivity index (χ4v) is 3.93. The number of phenols is 10. The number of carbonyl (C=O) groups excluding carboxylic acids is 4. The summed E-state index contributed by atoms with van der Waals surface area (Å²) >= 11 is 0. The molecule has 10 N–H and O–H groups in total. The number of rotatable bonds is 7. The molecule has 0 aromatic heterocycles. The number of Topliss-reactive ketones (excluding diaryl/α,β-unsaturated/α-hetero) is 4. The van der Waals surface area contributed by atoms with Crippen LogP contribution in [0.3, 0.4) is 0 Å². The van der Waals surface area contributed by atoms with E-state index >= 15 is 0 Å². The average Bonchev–Trinajstić information content (AvgIpc) is 2.94.